The standard InChI is InChI=1S/C28H24ClN3O3/c1-34-24-12-11-17(15-25(24)35-2)13-14-30-28(33)23-16-20-18-7-4-6-10-22(18)31-27(20)26(32-23)19-8-3-5-9-21(19)29/h3-12,15-16,31H,13-14H2,1-2H3,(H,30,33). The van der Waals surface area contributed by atoms with Crippen LogP contribution in [0.2, 0.25) is 5.02 Å². The fraction of sp³-hybridized carbons (Fsp3) is 0.143. The number of methoxy groups -OCH3 is 2. The maximum Gasteiger partial charge on any atom is 0.269 e. The number of halogens is 1. The first kappa shape index (κ1) is 22.7. The number of carbonyl (C=O) groups excluding carboxylic acids is 1. The molecule has 2 N–H and O–H groups in total. The van der Waals surface area contributed by atoms with Gasteiger partial charge in [-0.1, -0.05) is 54.1 Å². The quantitative estimate of drug-likeness (QED) is 0.295. The molecule has 1 amide bonds. The molecule has 176 valence electrons. The summed E-state index contributed by atoms with van der Waals surface area (Å²) in [5.74, 6) is 1.08. The number of H-pyrrole nitrogens is 1. The Balaban J connectivity index is 1.46. The molecule has 2 heterocycles. The molecule has 0 aliphatic heterocycles. The molecule has 0 saturated heterocycles. The maximum absolute atomic E-state index is 13.2. The lowest BCUT2D eigenvalue weighted by atomic mass is 10.1. The van der Waals surface area contributed by atoms with Gasteiger partial charge in [-0.2, -0.15) is 0 Å². The molecule has 0 bridgehead atoms. The number of rotatable bonds is 7. The van der Waals surface area contributed by atoms with E-state index < -0.39 is 0 Å². The average Bonchev–Trinajstić information content (AvgIpc) is 3.27. The van der Waals surface area contributed by atoms with Gasteiger partial charge in [0.1, 0.15) is 5.69 Å². The second kappa shape index (κ2) is 9.68. The molecule has 0 fully saturated rings. The number of hydrogen-bond acceptors (Lipinski definition) is 4. The van der Waals surface area contributed by atoms with Crippen molar-refractivity contribution in [3.05, 3.63) is 89.1 Å². The monoisotopic (exact) mass is 485 g/mol. The van der Waals surface area contributed by atoms with Crippen LogP contribution in [-0.2, 0) is 6.42 Å². The van der Waals surface area contributed by atoms with Crippen LogP contribution in [0.3, 0.4) is 0 Å². The van der Waals surface area contributed by atoms with E-state index in [0.29, 0.717) is 40.9 Å². The van der Waals surface area contributed by atoms with Crippen molar-refractivity contribution in [2.75, 3.05) is 20.8 Å². The van der Waals surface area contributed by atoms with E-state index in [1.54, 1.807) is 14.2 Å². The lowest BCUT2D eigenvalue weighted by Crippen LogP contribution is -2.26. The van der Waals surface area contributed by atoms with Gasteiger partial charge in [0.25, 0.3) is 5.91 Å². The van der Waals surface area contributed by atoms with Crippen LogP contribution in [0.5, 0.6) is 11.5 Å². The summed E-state index contributed by atoms with van der Waals surface area (Å²) in [4.78, 5) is 21.4. The van der Waals surface area contributed by atoms with Gasteiger partial charge in [-0.3, -0.25) is 4.79 Å². The number of benzene rings is 3. The molecule has 35 heavy (non-hydrogen) atoms. The van der Waals surface area contributed by atoms with E-state index in [0.717, 1.165) is 32.9 Å². The zero-order valence-electron chi connectivity index (χ0n) is 19.4. The van der Waals surface area contributed by atoms with E-state index >= 15 is 0 Å². The van der Waals surface area contributed by atoms with Gasteiger partial charge in [-0.05, 0) is 42.3 Å². The minimum atomic E-state index is -0.244. The maximum atomic E-state index is 13.2. The van der Waals surface area contributed by atoms with Crippen LogP contribution in [0.4, 0.5) is 0 Å². The highest BCUT2D eigenvalue weighted by Crippen LogP contribution is 2.35. The third-order valence-electron chi connectivity index (χ3n) is 6.01. The first-order chi connectivity index (χ1) is 17.1. The summed E-state index contributed by atoms with van der Waals surface area (Å²) in [7, 11) is 3.21. The van der Waals surface area contributed by atoms with Gasteiger partial charge in [-0.25, -0.2) is 4.98 Å². The number of hydrogen-bond donors (Lipinski definition) is 2. The van der Waals surface area contributed by atoms with Crippen LogP contribution in [0.25, 0.3) is 33.1 Å². The molecular weight excluding hydrogens is 462 g/mol. The molecule has 0 radical (unpaired) electrons. The summed E-state index contributed by atoms with van der Waals surface area (Å²) in [6, 6.07) is 23.1. The van der Waals surface area contributed by atoms with Crippen molar-refractivity contribution in [1.82, 2.24) is 15.3 Å². The van der Waals surface area contributed by atoms with Gasteiger partial charge in [-0.15, -0.1) is 0 Å². The van der Waals surface area contributed by atoms with Gasteiger partial charge in [0.05, 0.1) is 30.5 Å². The van der Waals surface area contributed by atoms with Crippen molar-refractivity contribution in [3.8, 4) is 22.8 Å². The first-order valence-electron chi connectivity index (χ1n) is 11.2. The number of fused-ring (bicyclic) bond motifs is 3. The Labute approximate surface area is 207 Å². The number of para-hydroxylation sites is 1. The lowest BCUT2D eigenvalue weighted by Gasteiger charge is -2.11. The molecule has 0 aliphatic rings. The summed E-state index contributed by atoms with van der Waals surface area (Å²) in [6.45, 7) is 0.448. The van der Waals surface area contributed by atoms with E-state index in [-0.39, 0.29) is 5.91 Å². The molecule has 7 heteroatoms. The zero-order valence-corrected chi connectivity index (χ0v) is 20.1. The van der Waals surface area contributed by atoms with Crippen molar-refractivity contribution in [2.45, 2.75) is 6.42 Å². The van der Waals surface area contributed by atoms with Gasteiger partial charge >= 0.3 is 0 Å². The van der Waals surface area contributed by atoms with E-state index in [4.69, 9.17) is 26.1 Å². The summed E-state index contributed by atoms with van der Waals surface area (Å²) in [5.41, 5.74) is 4.61. The first-order valence-corrected chi connectivity index (χ1v) is 11.6. The predicted octanol–water partition coefficient (Wildman–Crippen LogP) is 6.03. The molecule has 3 aromatic carbocycles. The molecule has 5 rings (SSSR count). The van der Waals surface area contributed by atoms with Crippen LogP contribution >= 0.6 is 11.6 Å². The molecule has 5 aromatic rings. The Morgan fingerprint density at radius 2 is 1.71 bits per heavy atom. The number of carbonyl (C=O) groups is 1. The molecular formula is C28H24ClN3O3. The minimum absolute atomic E-state index is 0.244. The van der Waals surface area contributed by atoms with Crippen LogP contribution in [-0.4, -0.2) is 36.6 Å². The van der Waals surface area contributed by atoms with E-state index in [1.807, 2.05) is 72.8 Å². The zero-order chi connectivity index (χ0) is 24.4. The van der Waals surface area contributed by atoms with Gasteiger partial charge in [0, 0.05) is 28.4 Å². The summed E-state index contributed by atoms with van der Waals surface area (Å²) in [6.07, 6.45) is 0.638. The molecule has 0 unspecified atom stereocenters. The Bertz CT molecular complexity index is 1540. The van der Waals surface area contributed by atoms with Crippen LogP contribution in [0.15, 0.2) is 72.8 Å². The number of ether oxygens (including phenoxy) is 2. The summed E-state index contributed by atoms with van der Waals surface area (Å²) >= 11 is 6.51. The van der Waals surface area contributed by atoms with Crippen molar-refractivity contribution < 1.29 is 14.3 Å². The Hall–Kier alpha value is -4.03. The minimum Gasteiger partial charge on any atom is -0.493 e. The molecule has 0 aliphatic carbocycles. The Morgan fingerprint density at radius 1 is 0.943 bits per heavy atom. The highest BCUT2D eigenvalue weighted by Gasteiger charge is 2.18. The normalized spacial score (nSPS) is 11.1. The molecule has 2 aromatic heterocycles. The Kier molecular flexibility index (Phi) is 6.29. The molecule has 6 nitrogen and oxygen atoms in total. The summed E-state index contributed by atoms with van der Waals surface area (Å²) in [5, 5.41) is 5.52. The fourth-order valence-electron chi connectivity index (χ4n) is 4.26. The summed E-state index contributed by atoms with van der Waals surface area (Å²) < 4.78 is 10.7. The number of pyridine rings is 1. The topological polar surface area (TPSA) is 76.2 Å². The largest absolute Gasteiger partial charge is 0.493 e. The van der Waals surface area contributed by atoms with E-state index in [1.165, 1.54) is 0 Å². The van der Waals surface area contributed by atoms with Crippen molar-refractivity contribution >= 4 is 39.3 Å². The number of amides is 1. The van der Waals surface area contributed by atoms with Crippen LogP contribution < -0.4 is 14.8 Å². The van der Waals surface area contributed by atoms with Crippen LogP contribution in [0, 0.1) is 0 Å². The second-order valence-electron chi connectivity index (χ2n) is 8.12. The van der Waals surface area contributed by atoms with Gasteiger partial charge < -0.3 is 19.8 Å². The van der Waals surface area contributed by atoms with Gasteiger partial charge in [0.15, 0.2) is 11.5 Å². The third-order valence-corrected chi connectivity index (χ3v) is 6.33. The second-order valence-corrected chi connectivity index (χ2v) is 8.53. The molecule has 0 spiro atoms. The SMILES string of the molecule is COc1ccc(CCNC(=O)c2cc3c([nH]c4ccccc43)c(-c3ccccc3Cl)n2)cc1OC. The van der Waals surface area contributed by atoms with Gasteiger partial charge in [0.2, 0.25) is 0 Å². The van der Waals surface area contributed by atoms with E-state index in [9.17, 15) is 4.79 Å². The predicted molar refractivity (Wildman–Crippen MR) is 140 cm³/mol. The number of nitrogens with zero attached hydrogens (tertiary/aromatic N) is 1. The lowest BCUT2D eigenvalue weighted by molar-refractivity contribution is 0.0949. The smallest absolute Gasteiger partial charge is 0.269 e. The van der Waals surface area contributed by atoms with Crippen LogP contribution in [0.1, 0.15) is 16.1 Å². The molecule has 0 atom stereocenters. The number of aromatic amines is 1. The van der Waals surface area contributed by atoms with Crippen molar-refractivity contribution in [1.29, 1.82) is 0 Å². The molecule has 0 saturated carbocycles. The third kappa shape index (κ3) is 4.40. The average molecular weight is 486 g/mol. The van der Waals surface area contributed by atoms with Crippen molar-refractivity contribution in [2.24, 2.45) is 0 Å². The number of nitrogens with one attached hydrogen (secondary N) is 2. The van der Waals surface area contributed by atoms with E-state index in [2.05, 4.69) is 10.3 Å². The van der Waals surface area contributed by atoms with Crippen molar-refractivity contribution in [3.63, 3.8) is 0 Å². The Morgan fingerprint density at radius 3 is 2.51 bits per heavy atom. The highest BCUT2D eigenvalue weighted by atomic mass is 35.5. The highest BCUT2D eigenvalue weighted by molar-refractivity contribution is 6.33. The fourth-order valence-corrected chi connectivity index (χ4v) is 4.48. The number of aromatic nitrogens is 2.